The molecule has 2 aliphatic rings. The molecule has 0 spiro atoms. The van der Waals surface area contributed by atoms with E-state index in [-0.39, 0.29) is 6.85 Å². The first-order chi connectivity index (χ1) is 25.8. The SMILES string of the molecule is c1ccc(N(c2ccccc2)c2ccc3c(c2)-c2ccccc2N2B3c3ccccc3-c3cc(N(c4ccccc4)c4ccccc4)ccc32)cc1. The molecule has 52 heavy (non-hydrogen) atoms. The fourth-order valence-corrected chi connectivity index (χ4v) is 8.19. The van der Waals surface area contributed by atoms with E-state index in [1.807, 2.05) is 0 Å². The van der Waals surface area contributed by atoms with Crippen molar-refractivity contribution in [3.8, 4) is 22.3 Å². The summed E-state index contributed by atoms with van der Waals surface area (Å²) in [5.74, 6) is 0. The van der Waals surface area contributed by atoms with Crippen LogP contribution in [-0.4, -0.2) is 6.85 Å². The number of benzene rings is 8. The minimum absolute atomic E-state index is 0.0229. The molecule has 0 N–H and O–H groups in total. The van der Waals surface area contributed by atoms with Crippen LogP contribution in [0.15, 0.2) is 206 Å². The van der Waals surface area contributed by atoms with E-state index in [0.717, 1.165) is 34.1 Å². The summed E-state index contributed by atoms with van der Waals surface area (Å²) in [6.07, 6.45) is 0. The summed E-state index contributed by atoms with van der Waals surface area (Å²) in [5, 5.41) is 0. The van der Waals surface area contributed by atoms with Crippen molar-refractivity contribution in [3.63, 3.8) is 0 Å². The maximum atomic E-state index is 2.57. The Bertz CT molecular complexity index is 2280. The first-order valence-corrected chi connectivity index (χ1v) is 17.9. The molecular formula is C48H34BN3. The van der Waals surface area contributed by atoms with Gasteiger partial charge in [-0.2, -0.15) is 0 Å². The molecule has 2 aliphatic heterocycles. The van der Waals surface area contributed by atoms with Crippen LogP contribution in [0.25, 0.3) is 22.3 Å². The molecule has 2 heterocycles. The molecule has 0 bridgehead atoms. The lowest BCUT2D eigenvalue weighted by Gasteiger charge is -2.44. The standard InChI is InChI=1S/C48H34BN3/c1-5-17-35(18-6-1)50(36-19-7-2-8-20-36)39-29-31-46-43(33-39)42-26-14-16-28-47(42)52-48-32-30-40(34-44(48)41-25-13-15-27-45(41)49(46)52)51(37-21-9-3-10-22-37)38-23-11-4-12-24-38/h1-34H. The molecule has 0 saturated heterocycles. The van der Waals surface area contributed by atoms with Crippen LogP contribution >= 0.6 is 0 Å². The average molecular weight is 664 g/mol. The van der Waals surface area contributed by atoms with Crippen LogP contribution in [0.1, 0.15) is 0 Å². The van der Waals surface area contributed by atoms with E-state index < -0.39 is 0 Å². The summed E-state index contributed by atoms with van der Waals surface area (Å²) in [5.41, 5.74) is 16.8. The largest absolute Gasteiger partial charge is 0.376 e. The molecule has 3 nitrogen and oxygen atoms in total. The van der Waals surface area contributed by atoms with Crippen LogP contribution < -0.4 is 25.5 Å². The van der Waals surface area contributed by atoms with Crippen molar-refractivity contribution in [3.05, 3.63) is 206 Å². The van der Waals surface area contributed by atoms with E-state index in [4.69, 9.17) is 0 Å². The maximum absolute atomic E-state index is 2.57. The predicted molar refractivity (Wildman–Crippen MR) is 220 cm³/mol. The van der Waals surface area contributed by atoms with Crippen molar-refractivity contribution in [2.24, 2.45) is 0 Å². The third-order valence-corrected chi connectivity index (χ3v) is 10.4. The monoisotopic (exact) mass is 663 g/mol. The highest BCUT2D eigenvalue weighted by atomic mass is 15.2. The normalized spacial score (nSPS) is 12.2. The Hall–Kier alpha value is -6.78. The van der Waals surface area contributed by atoms with E-state index in [0.29, 0.717) is 0 Å². The van der Waals surface area contributed by atoms with Gasteiger partial charge in [0.1, 0.15) is 0 Å². The summed E-state index contributed by atoms with van der Waals surface area (Å²) < 4.78 is 0. The molecule has 0 amide bonds. The van der Waals surface area contributed by atoms with Crippen LogP contribution in [-0.2, 0) is 0 Å². The number of hydrogen-bond donors (Lipinski definition) is 0. The van der Waals surface area contributed by atoms with Gasteiger partial charge in [-0.25, -0.2) is 0 Å². The van der Waals surface area contributed by atoms with Crippen molar-refractivity contribution in [1.29, 1.82) is 0 Å². The lowest BCUT2D eigenvalue weighted by Crippen LogP contribution is -2.59. The number of para-hydroxylation sites is 5. The van der Waals surface area contributed by atoms with Gasteiger partial charge in [0, 0.05) is 56.6 Å². The Morgan fingerprint density at radius 3 is 1.25 bits per heavy atom. The molecule has 8 aromatic rings. The quantitative estimate of drug-likeness (QED) is 0.164. The second-order valence-electron chi connectivity index (χ2n) is 13.4. The average Bonchev–Trinajstić information content (AvgIpc) is 3.22. The van der Waals surface area contributed by atoms with Crippen molar-refractivity contribution in [2.75, 3.05) is 14.6 Å². The van der Waals surface area contributed by atoms with Crippen molar-refractivity contribution >= 4 is 63.3 Å². The van der Waals surface area contributed by atoms with Gasteiger partial charge in [0.15, 0.2) is 0 Å². The van der Waals surface area contributed by atoms with Crippen LogP contribution in [0.4, 0.5) is 45.5 Å². The van der Waals surface area contributed by atoms with E-state index in [9.17, 15) is 0 Å². The second kappa shape index (κ2) is 12.5. The van der Waals surface area contributed by atoms with E-state index in [1.54, 1.807) is 0 Å². The number of nitrogens with zero attached hydrogens (tertiary/aromatic N) is 3. The van der Waals surface area contributed by atoms with Gasteiger partial charge in [-0.3, -0.25) is 0 Å². The zero-order valence-electron chi connectivity index (χ0n) is 28.5. The number of rotatable bonds is 6. The highest BCUT2D eigenvalue weighted by molar-refractivity contribution is 6.92. The van der Waals surface area contributed by atoms with Crippen LogP contribution in [0, 0.1) is 0 Å². The number of anilines is 8. The molecule has 0 aromatic heterocycles. The van der Waals surface area contributed by atoms with Crippen LogP contribution in [0.5, 0.6) is 0 Å². The van der Waals surface area contributed by atoms with Crippen molar-refractivity contribution in [1.82, 2.24) is 0 Å². The third kappa shape index (κ3) is 4.91. The fraction of sp³-hybridized carbons (Fsp3) is 0. The summed E-state index contributed by atoms with van der Waals surface area (Å²) in [7, 11) is 0. The fourth-order valence-electron chi connectivity index (χ4n) is 8.19. The molecule has 244 valence electrons. The second-order valence-corrected chi connectivity index (χ2v) is 13.4. The highest BCUT2D eigenvalue weighted by Gasteiger charge is 2.42. The Balaban J connectivity index is 1.16. The molecule has 0 radical (unpaired) electrons. The van der Waals surface area contributed by atoms with Gasteiger partial charge in [-0.1, -0.05) is 121 Å². The Morgan fingerprint density at radius 1 is 0.288 bits per heavy atom. The van der Waals surface area contributed by atoms with Crippen LogP contribution in [0.2, 0.25) is 0 Å². The van der Waals surface area contributed by atoms with Crippen molar-refractivity contribution < 1.29 is 0 Å². The van der Waals surface area contributed by atoms with Gasteiger partial charge in [0.2, 0.25) is 0 Å². The van der Waals surface area contributed by atoms with Crippen molar-refractivity contribution in [2.45, 2.75) is 0 Å². The Kier molecular flexibility index (Phi) is 7.25. The van der Waals surface area contributed by atoms with E-state index in [1.165, 1.54) is 44.6 Å². The molecule has 8 aromatic carbocycles. The number of hydrogen-bond acceptors (Lipinski definition) is 3. The minimum Gasteiger partial charge on any atom is -0.376 e. The molecule has 0 unspecified atom stereocenters. The van der Waals surface area contributed by atoms with Gasteiger partial charge in [0.05, 0.1) is 0 Å². The topological polar surface area (TPSA) is 9.72 Å². The zero-order valence-corrected chi connectivity index (χ0v) is 28.5. The molecule has 4 heteroatoms. The molecule has 10 rings (SSSR count). The molecular weight excluding hydrogens is 629 g/mol. The molecule has 0 saturated carbocycles. The Labute approximate surface area is 305 Å². The summed E-state index contributed by atoms with van der Waals surface area (Å²) >= 11 is 0. The minimum atomic E-state index is 0.0229. The highest BCUT2D eigenvalue weighted by Crippen LogP contribution is 2.49. The first-order valence-electron chi connectivity index (χ1n) is 17.9. The van der Waals surface area contributed by atoms with Gasteiger partial charge in [-0.15, -0.1) is 0 Å². The zero-order chi connectivity index (χ0) is 34.4. The lowest BCUT2D eigenvalue weighted by molar-refractivity contribution is 1.27. The third-order valence-electron chi connectivity index (χ3n) is 10.4. The van der Waals surface area contributed by atoms with Gasteiger partial charge >= 0.3 is 6.85 Å². The first kappa shape index (κ1) is 30.1. The van der Waals surface area contributed by atoms with E-state index in [2.05, 4.69) is 221 Å². The van der Waals surface area contributed by atoms with E-state index >= 15 is 0 Å². The van der Waals surface area contributed by atoms with Gasteiger partial charge in [-0.05, 0) is 107 Å². The van der Waals surface area contributed by atoms with Crippen LogP contribution in [0.3, 0.4) is 0 Å². The molecule has 0 fully saturated rings. The lowest BCUT2D eigenvalue weighted by atomic mass is 9.43. The number of fused-ring (bicyclic) bond motifs is 11. The molecule has 0 atom stereocenters. The van der Waals surface area contributed by atoms with Gasteiger partial charge < -0.3 is 14.6 Å². The maximum Gasteiger partial charge on any atom is 0.329 e. The van der Waals surface area contributed by atoms with Gasteiger partial charge in [0.25, 0.3) is 0 Å². The summed E-state index contributed by atoms with van der Waals surface area (Å²) in [6.45, 7) is 0.0229. The molecule has 0 aliphatic carbocycles. The Morgan fingerprint density at radius 2 is 0.692 bits per heavy atom. The predicted octanol–water partition coefficient (Wildman–Crippen LogP) is 11.5. The summed E-state index contributed by atoms with van der Waals surface area (Å²) in [4.78, 5) is 7.27. The smallest absolute Gasteiger partial charge is 0.329 e. The summed E-state index contributed by atoms with van der Waals surface area (Å²) in [6, 6.07) is 74.5.